The molecule has 4 heteroatoms. The number of nitrogens with zero attached hydrogens (tertiary/aromatic N) is 1. The van der Waals surface area contributed by atoms with E-state index in [1.54, 1.807) is 30.3 Å². The molecule has 0 aliphatic carbocycles. The third-order valence-electron chi connectivity index (χ3n) is 2.56. The van der Waals surface area contributed by atoms with E-state index in [-0.39, 0.29) is 5.91 Å². The maximum absolute atomic E-state index is 11.8. The molecule has 0 bridgehead atoms. The summed E-state index contributed by atoms with van der Waals surface area (Å²) >= 11 is 3.35. The molecule has 1 N–H and O–H groups in total. The van der Waals surface area contributed by atoms with Crippen LogP contribution in [-0.4, -0.2) is 5.91 Å². The van der Waals surface area contributed by atoms with Crippen LogP contribution in [0.3, 0.4) is 0 Å². The molecule has 0 aromatic heterocycles. The highest BCUT2D eigenvalue weighted by molar-refractivity contribution is 9.10. The lowest BCUT2D eigenvalue weighted by Gasteiger charge is -2.01. The molecular weight excluding hydrogens is 316 g/mol. The van der Waals surface area contributed by atoms with Crippen molar-refractivity contribution in [3.63, 3.8) is 0 Å². The van der Waals surface area contributed by atoms with E-state index in [0.29, 0.717) is 11.3 Å². The lowest BCUT2D eigenvalue weighted by Crippen LogP contribution is -2.07. The second-order valence-corrected chi connectivity index (χ2v) is 4.98. The van der Waals surface area contributed by atoms with E-state index in [9.17, 15) is 4.79 Å². The van der Waals surface area contributed by atoms with Gasteiger partial charge >= 0.3 is 0 Å². The predicted molar refractivity (Wildman–Crippen MR) is 83.0 cm³/mol. The number of amides is 1. The van der Waals surface area contributed by atoms with Gasteiger partial charge in [0.15, 0.2) is 0 Å². The number of rotatable bonds is 3. The summed E-state index contributed by atoms with van der Waals surface area (Å²) in [5.74, 6) is -0.233. The van der Waals surface area contributed by atoms with E-state index in [2.05, 4.69) is 21.2 Å². The Morgan fingerprint density at radius 1 is 1.20 bits per heavy atom. The molecule has 2 rings (SSSR count). The summed E-state index contributed by atoms with van der Waals surface area (Å²) in [6.45, 7) is 0. The number of nitriles is 1. The average molecular weight is 327 g/mol. The monoisotopic (exact) mass is 326 g/mol. The topological polar surface area (TPSA) is 52.9 Å². The average Bonchev–Trinajstić information content (AvgIpc) is 2.47. The Balaban J connectivity index is 2.02. The highest BCUT2D eigenvalue weighted by Crippen LogP contribution is 2.12. The molecule has 1 amide bonds. The zero-order chi connectivity index (χ0) is 14.4. The first-order valence-corrected chi connectivity index (χ1v) is 6.71. The quantitative estimate of drug-likeness (QED) is 0.867. The fourth-order valence-corrected chi connectivity index (χ4v) is 1.86. The number of hydrogen-bond donors (Lipinski definition) is 1. The van der Waals surface area contributed by atoms with Crippen molar-refractivity contribution in [3.8, 4) is 6.07 Å². The molecule has 0 aliphatic heterocycles. The van der Waals surface area contributed by atoms with Crippen molar-refractivity contribution in [2.24, 2.45) is 0 Å². The van der Waals surface area contributed by atoms with Crippen LogP contribution >= 0.6 is 15.9 Å². The third-order valence-corrected chi connectivity index (χ3v) is 3.09. The van der Waals surface area contributed by atoms with Crippen LogP contribution in [-0.2, 0) is 4.79 Å². The first-order chi connectivity index (χ1) is 9.67. The molecular formula is C16H11BrN2O. The molecule has 0 unspecified atom stereocenters. The van der Waals surface area contributed by atoms with Crippen molar-refractivity contribution in [2.75, 3.05) is 5.32 Å². The van der Waals surface area contributed by atoms with E-state index in [0.717, 1.165) is 10.0 Å². The van der Waals surface area contributed by atoms with Crippen LogP contribution < -0.4 is 5.32 Å². The molecule has 3 nitrogen and oxygen atoms in total. The fraction of sp³-hybridized carbons (Fsp3) is 0. The minimum atomic E-state index is -0.233. The first-order valence-electron chi connectivity index (χ1n) is 5.92. The van der Waals surface area contributed by atoms with Crippen LogP contribution in [0, 0.1) is 11.3 Å². The van der Waals surface area contributed by atoms with E-state index < -0.39 is 0 Å². The van der Waals surface area contributed by atoms with Crippen LogP contribution in [0.15, 0.2) is 59.1 Å². The van der Waals surface area contributed by atoms with Gasteiger partial charge in [0.1, 0.15) is 0 Å². The molecule has 0 aliphatic rings. The molecule has 0 saturated heterocycles. The number of benzene rings is 2. The van der Waals surface area contributed by atoms with Crippen molar-refractivity contribution in [3.05, 3.63) is 70.2 Å². The van der Waals surface area contributed by atoms with Crippen LogP contribution in [0.5, 0.6) is 0 Å². The van der Waals surface area contributed by atoms with Gasteiger partial charge in [0.25, 0.3) is 0 Å². The van der Waals surface area contributed by atoms with Gasteiger partial charge < -0.3 is 5.32 Å². The highest BCUT2D eigenvalue weighted by Gasteiger charge is 1.99. The second kappa shape index (κ2) is 6.69. The summed E-state index contributed by atoms with van der Waals surface area (Å²) in [7, 11) is 0. The van der Waals surface area contributed by atoms with Crippen molar-refractivity contribution >= 4 is 33.6 Å². The van der Waals surface area contributed by atoms with Gasteiger partial charge in [0, 0.05) is 16.2 Å². The smallest absolute Gasteiger partial charge is 0.248 e. The van der Waals surface area contributed by atoms with E-state index >= 15 is 0 Å². The van der Waals surface area contributed by atoms with E-state index in [4.69, 9.17) is 5.26 Å². The fourth-order valence-electron chi connectivity index (χ4n) is 1.60. The van der Waals surface area contributed by atoms with Crippen molar-refractivity contribution in [1.29, 1.82) is 5.26 Å². The van der Waals surface area contributed by atoms with E-state index in [1.807, 2.05) is 30.3 Å². The molecule has 0 heterocycles. The molecule has 2 aromatic rings. The zero-order valence-corrected chi connectivity index (χ0v) is 12.1. The summed E-state index contributed by atoms with van der Waals surface area (Å²) in [6, 6.07) is 16.5. The van der Waals surface area contributed by atoms with Gasteiger partial charge in [0.05, 0.1) is 11.6 Å². The summed E-state index contributed by atoms with van der Waals surface area (Å²) in [6.07, 6.45) is 3.19. The number of halogens is 1. The maximum Gasteiger partial charge on any atom is 0.248 e. The van der Waals surface area contributed by atoms with Gasteiger partial charge in [-0.05, 0) is 42.0 Å². The van der Waals surface area contributed by atoms with E-state index in [1.165, 1.54) is 6.08 Å². The Bertz CT molecular complexity index is 684. The zero-order valence-electron chi connectivity index (χ0n) is 10.5. The van der Waals surface area contributed by atoms with Gasteiger partial charge in [-0.1, -0.05) is 34.1 Å². The van der Waals surface area contributed by atoms with Gasteiger partial charge in [-0.2, -0.15) is 5.26 Å². The Morgan fingerprint density at radius 2 is 1.95 bits per heavy atom. The van der Waals surface area contributed by atoms with Crippen LogP contribution in [0.25, 0.3) is 6.08 Å². The van der Waals surface area contributed by atoms with Gasteiger partial charge in [-0.15, -0.1) is 0 Å². The molecule has 0 radical (unpaired) electrons. The standard InChI is InChI=1S/C16H11BrN2O/c17-14-7-4-12(5-8-14)6-9-16(20)19-15-3-1-2-13(10-15)11-18/h1-10H,(H,19,20)/b9-6+. The number of nitrogens with one attached hydrogen (secondary N) is 1. The Labute approximate surface area is 125 Å². The number of hydrogen-bond acceptors (Lipinski definition) is 2. The summed E-state index contributed by atoms with van der Waals surface area (Å²) in [5.41, 5.74) is 2.06. The van der Waals surface area contributed by atoms with Crippen LogP contribution in [0.4, 0.5) is 5.69 Å². The molecule has 0 atom stereocenters. The number of anilines is 1. The summed E-state index contributed by atoms with van der Waals surface area (Å²) in [4.78, 5) is 11.8. The molecule has 0 saturated carbocycles. The number of carbonyl (C=O) groups is 1. The summed E-state index contributed by atoms with van der Waals surface area (Å²) < 4.78 is 0.993. The number of carbonyl (C=O) groups excluding carboxylic acids is 1. The van der Waals surface area contributed by atoms with Gasteiger partial charge in [-0.25, -0.2) is 0 Å². The van der Waals surface area contributed by atoms with Crippen molar-refractivity contribution in [2.45, 2.75) is 0 Å². The summed E-state index contributed by atoms with van der Waals surface area (Å²) in [5, 5.41) is 11.5. The third kappa shape index (κ3) is 4.08. The minimum Gasteiger partial charge on any atom is -0.322 e. The van der Waals surface area contributed by atoms with Crippen molar-refractivity contribution in [1.82, 2.24) is 0 Å². The lowest BCUT2D eigenvalue weighted by atomic mass is 10.2. The van der Waals surface area contributed by atoms with Crippen LogP contribution in [0.1, 0.15) is 11.1 Å². The highest BCUT2D eigenvalue weighted by atomic mass is 79.9. The molecule has 20 heavy (non-hydrogen) atoms. The molecule has 0 fully saturated rings. The van der Waals surface area contributed by atoms with Crippen molar-refractivity contribution < 1.29 is 4.79 Å². The van der Waals surface area contributed by atoms with Gasteiger partial charge in [-0.3, -0.25) is 4.79 Å². The largest absolute Gasteiger partial charge is 0.322 e. The van der Waals surface area contributed by atoms with Crippen LogP contribution in [0.2, 0.25) is 0 Å². The molecule has 98 valence electrons. The normalized spacial score (nSPS) is 10.2. The molecule has 0 spiro atoms. The second-order valence-electron chi connectivity index (χ2n) is 4.07. The SMILES string of the molecule is N#Cc1cccc(NC(=O)/C=C/c2ccc(Br)cc2)c1. The first kappa shape index (κ1) is 14.0. The Hall–Kier alpha value is -2.38. The Morgan fingerprint density at radius 3 is 2.65 bits per heavy atom. The maximum atomic E-state index is 11.8. The van der Waals surface area contributed by atoms with Gasteiger partial charge in [0.2, 0.25) is 5.91 Å². The molecule has 2 aromatic carbocycles. The predicted octanol–water partition coefficient (Wildman–Crippen LogP) is 3.97. The Kier molecular flexibility index (Phi) is 4.70. The minimum absolute atomic E-state index is 0.233. The lowest BCUT2D eigenvalue weighted by molar-refractivity contribution is -0.111.